The van der Waals surface area contributed by atoms with Crippen LogP contribution >= 0.6 is 0 Å². The van der Waals surface area contributed by atoms with Crippen LogP contribution in [0.3, 0.4) is 0 Å². The minimum atomic E-state index is -0.0832. The smallest absolute Gasteiger partial charge is 0.0610 e. The molecule has 16 heavy (non-hydrogen) atoms. The summed E-state index contributed by atoms with van der Waals surface area (Å²) in [7, 11) is 0. The molecule has 1 fully saturated rings. The summed E-state index contributed by atoms with van der Waals surface area (Å²) in [6.07, 6.45) is 3.59. The molecule has 96 valence electrons. The van der Waals surface area contributed by atoms with Crippen molar-refractivity contribution in [3.63, 3.8) is 0 Å². The lowest BCUT2D eigenvalue weighted by Crippen LogP contribution is -2.46. The maximum atomic E-state index is 9.37. The summed E-state index contributed by atoms with van der Waals surface area (Å²) >= 11 is 0. The molecule has 0 aliphatic carbocycles. The van der Waals surface area contributed by atoms with Crippen molar-refractivity contribution in [2.75, 3.05) is 32.8 Å². The molecule has 0 aromatic rings. The lowest BCUT2D eigenvalue weighted by Gasteiger charge is -2.29. The van der Waals surface area contributed by atoms with Crippen LogP contribution in [0.4, 0.5) is 0 Å². The van der Waals surface area contributed by atoms with E-state index in [1.807, 2.05) is 0 Å². The van der Waals surface area contributed by atoms with Crippen LogP contribution in [0.1, 0.15) is 40.0 Å². The molecule has 0 bridgehead atoms. The zero-order valence-electron chi connectivity index (χ0n) is 11.1. The Balaban J connectivity index is 2.18. The first-order chi connectivity index (χ1) is 7.59. The molecular formula is C13H28N2O. The van der Waals surface area contributed by atoms with Gasteiger partial charge in [-0.25, -0.2) is 0 Å². The van der Waals surface area contributed by atoms with Gasteiger partial charge < -0.3 is 15.3 Å². The van der Waals surface area contributed by atoms with Gasteiger partial charge in [0.05, 0.1) is 6.61 Å². The number of likely N-dealkylation sites (tertiary alicyclic amines) is 1. The molecule has 1 rings (SSSR count). The SMILES string of the molecule is CCNC(C)(CO)CCCN1CCC(C)C1. The predicted molar refractivity (Wildman–Crippen MR) is 68.6 cm³/mol. The highest BCUT2D eigenvalue weighted by molar-refractivity contribution is 4.82. The number of hydrogen-bond acceptors (Lipinski definition) is 3. The molecule has 1 heterocycles. The Bertz CT molecular complexity index is 198. The number of aliphatic hydroxyl groups excluding tert-OH is 1. The lowest BCUT2D eigenvalue weighted by atomic mass is 9.96. The first-order valence-corrected chi connectivity index (χ1v) is 6.68. The van der Waals surface area contributed by atoms with Gasteiger partial charge in [-0.3, -0.25) is 0 Å². The number of hydrogen-bond donors (Lipinski definition) is 2. The molecule has 2 unspecified atom stereocenters. The summed E-state index contributed by atoms with van der Waals surface area (Å²) in [5.41, 5.74) is -0.0832. The van der Waals surface area contributed by atoms with E-state index >= 15 is 0 Å². The fourth-order valence-electron chi connectivity index (χ4n) is 2.57. The van der Waals surface area contributed by atoms with Gasteiger partial charge in [0.25, 0.3) is 0 Å². The van der Waals surface area contributed by atoms with Crippen LogP contribution in [-0.2, 0) is 0 Å². The third kappa shape index (κ3) is 4.40. The Morgan fingerprint density at radius 3 is 2.75 bits per heavy atom. The third-order valence-electron chi connectivity index (χ3n) is 3.66. The molecule has 0 radical (unpaired) electrons. The quantitative estimate of drug-likeness (QED) is 0.692. The average molecular weight is 228 g/mol. The van der Waals surface area contributed by atoms with Crippen LogP contribution in [0.25, 0.3) is 0 Å². The highest BCUT2D eigenvalue weighted by atomic mass is 16.3. The van der Waals surface area contributed by atoms with E-state index in [-0.39, 0.29) is 12.1 Å². The van der Waals surface area contributed by atoms with Crippen LogP contribution in [0, 0.1) is 5.92 Å². The van der Waals surface area contributed by atoms with Gasteiger partial charge in [0.15, 0.2) is 0 Å². The topological polar surface area (TPSA) is 35.5 Å². The average Bonchev–Trinajstić information content (AvgIpc) is 2.65. The summed E-state index contributed by atoms with van der Waals surface area (Å²) in [5.74, 6) is 0.873. The van der Waals surface area contributed by atoms with Crippen LogP contribution in [0.15, 0.2) is 0 Å². The van der Waals surface area contributed by atoms with E-state index in [0.717, 1.165) is 18.9 Å². The van der Waals surface area contributed by atoms with E-state index in [1.165, 1.54) is 32.5 Å². The number of likely N-dealkylation sites (N-methyl/N-ethyl adjacent to an activating group) is 1. The van der Waals surface area contributed by atoms with Gasteiger partial charge in [-0.05, 0) is 51.7 Å². The maximum Gasteiger partial charge on any atom is 0.0610 e. The standard InChI is InChI=1S/C13H28N2O/c1-4-14-13(3,11-16)7-5-8-15-9-6-12(2)10-15/h12,14,16H,4-11H2,1-3H3. The van der Waals surface area contributed by atoms with Crippen LogP contribution < -0.4 is 5.32 Å². The van der Waals surface area contributed by atoms with E-state index in [0.29, 0.717) is 0 Å². The summed E-state index contributed by atoms with van der Waals surface area (Å²) < 4.78 is 0. The van der Waals surface area contributed by atoms with Crippen molar-refractivity contribution < 1.29 is 5.11 Å². The van der Waals surface area contributed by atoms with Crippen molar-refractivity contribution in [1.29, 1.82) is 0 Å². The van der Waals surface area contributed by atoms with Crippen molar-refractivity contribution in [3.05, 3.63) is 0 Å². The Morgan fingerprint density at radius 1 is 1.50 bits per heavy atom. The first-order valence-electron chi connectivity index (χ1n) is 6.68. The minimum absolute atomic E-state index is 0.0832. The normalized spacial score (nSPS) is 25.9. The van der Waals surface area contributed by atoms with Gasteiger partial charge in [0.2, 0.25) is 0 Å². The predicted octanol–water partition coefficient (Wildman–Crippen LogP) is 1.47. The van der Waals surface area contributed by atoms with Gasteiger partial charge in [-0.2, -0.15) is 0 Å². The Labute approximate surface area is 100 Å². The Kier molecular flexibility index (Phi) is 5.73. The minimum Gasteiger partial charge on any atom is -0.394 e. The third-order valence-corrected chi connectivity index (χ3v) is 3.66. The molecular weight excluding hydrogens is 200 g/mol. The zero-order chi connectivity index (χ0) is 12.0. The molecule has 2 atom stereocenters. The Hall–Kier alpha value is -0.120. The monoisotopic (exact) mass is 228 g/mol. The largest absolute Gasteiger partial charge is 0.394 e. The van der Waals surface area contributed by atoms with Crippen molar-refractivity contribution in [2.24, 2.45) is 5.92 Å². The van der Waals surface area contributed by atoms with Crippen LogP contribution in [-0.4, -0.2) is 48.3 Å². The van der Waals surface area contributed by atoms with Crippen molar-refractivity contribution in [3.8, 4) is 0 Å². The second-order valence-corrected chi connectivity index (χ2v) is 5.55. The number of nitrogens with one attached hydrogen (secondary N) is 1. The van der Waals surface area contributed by atoms with E-state index in [4.69, 9.17) is 0 Å². The van der Waals surface area contributed by atoms with E-state index < -0.39 is 0 Å². The van der Waals surface area contributed by atoms with Crippen LogP contribution in [0.2, 0.25) is 0 Å². The molecule has 3 heteroatoms. The summed E-state index contributed by atoms with van der Waals surface area (Å²) in [4.78, 5) is 2.55. The van der Waals surface area contributed by atoms with Crippen molar-refractivity contribution >= 4 is 0 Å². The molecule has 1 saturated heterocycles. The second kappa shape index (κ2) is 6.58. The highest BCUT2D eigenvalue weighted by Crippen LogP contribution is 2.17. The lowest BCUT2D eigenvalue weighted by molar-refractivity contribution is 0.160. The summed E-state index contributed by atoms with van der Waals surface area (Å²) in [5, 5.41) is 12.7. The molecule has 1 aliphatic heterocycles. The van der Waals surface area contributed by atoms with E-state index in [1.54, 1.807) is 0 Å². The maximum absolute atomic E-state index is 9.37. The van der Waals surface area contributed by atoms with Gasteiger partial charge in [-0.1, -0.05) is 13.8 Å². The first kappa shape index (κ1) is 13.9. The molecule has 3 nitrogen and oxygen atoms in total. The summed E-state index contributed by atoms with van der Waals surface area (Å²) in [6, 6.07) is 0. The van der Waals surface area contributed by atoms with Crippen LogP contribution in [0.5, 0.6) is 0 Å². The molecule has 0 saturated carbocycles. The van der Waals surface area contributed by atoms with E-state index in [2.05, 4.69) is 31.0 Å². The summed E-state index contributed by atoms with van der Waals surface area (Å²) in [6.45, 7) is 11.4. The molecule has 1 aliphatic rings. The second-order valence-electron chi connectivity index (χ2n) is 5.55. The fourth-order valence-corrected chi connectivity index (χ4v) is 2.57. The molecule has 0 aromatic heterocycles. The van der Waals surface area contributed by atoms with Crippen molar-refractivity contribution in [2.45, 2.75) is 45.6 Å². The number of aliphatic hydroxyl groups is 1. The molecule has 0 aromatic carbocycles. The van der Waals surface area contributed by atoms with Gasteiger partial charge >= 0.3 is 0 Å². The zero-order valence-corrected chi connectivity index (χ0v) is 11.1. The molecule has 0 amide bonds. The van der Waals surface area contributed by atoms with E-state index in [9.17, 15) is 5.11 Å². The highest BCUT2D eigenvalue weighted by Gasteiger charge is 2.23. The number of rotatable bonds is 7. The van der Waals surface area contributed by atoms with Gasteiger partial charge in [0, 0.05) is 12.1 Å². The molecule has 2 N–H and O–H groups in total. The van der Waals surface area contributed by atoms with Crippen molar-refractivity contribution in [1.82, 2.24) is 10.2 Å². The fraction of sp³-hybridized carbons (Fsp3) is 1.00. The number of nitrogens with zero attached hydrogens (tertiary/aromatic N) is 1. The molecule has 0 spiro atoms. The van der Waals surface area contributed by atoms with Gasteiger partial charge in [-0.15, -0.1) is 0 Å². The van der Waals surface area contributed by atoms with Gasteiger partial charge in [0.1, 0.15) is 0 Å². The Morgan fingerprint density at radius 2 is 2.25 bits per heavy atom.